The SMILES string of the molecule is C.CC(=O)F.CN(C)CF.FCF. The van der Waals surface area contributed by atoms with E-state index in [0.717, 1.165) is 6.92 Å². The van der Waals surface area contributed by atoms with Gasteiger partial charge in [-0.15, -0.1) is 0 Å². The molecule has 0 aromatic rings. The largest absolute Gasteiger partial charge is 0.298 e. The number of rotatable bonds is 1. The van der Waals surface area contributed by atoms with Crippen LogP contribution in [0.1, 0.15) is 14.4 Å². The van der Waals surface area contributed by atoms with Crippen molar-refractivity contribution in [2.45, 2.75) is 14.4 Å². The van der Waals surface area contributed by atoms with Crippen LogP contribution in [0.3, 0.4) is 0 Å². The van der Waals surface area contributed by atoms with Gasteiger partial charge in [0.25, 0.3) is 6.04 Å². The highest BCUT2D eigenvalue weighted by Gasteiger charge is 1.76. The summed E-state index contributed by atoms with van der Waals surface area (Å²) >= 11 is 0. The van der Waals surface area contributed by atoms with Crippen LogP contribution in [0, 0.1) is 0 Å². The minimum absolute atomic E-state index is 0. The number of alkyl halides is 3. The third-order valence-corrected chi connectivity index (χ3v) is 0.239. The average Bonchev–Trinajstić information content (AvgIpc) is 1.88. The smallest absolute Gasteiger partial charge is 0.283 e. The summed E-state index contributed by atoms with van der Waals surface area (Å²) in [4.78, 5) is 10.2. The fourth-order valence-corrected chi connectivity index (χ4v) is 0. The molecular formula is C7H17F4NO. The van der Waals surface area contributed by atoms with Crippen LogP contribution in [0.2, 0.25) is 0 Å². The second-order valence-electron chi connectivity index (χ2n) is 1.77. The Morgan fingerprint density at radius 3 is 1.31 bits per heavy atom. The van der Waals surface area contributed by atoms with Gasteiger partial charge in [-0.25, -0.2) is 13.2 Å². The Labute approximate surface area is 76.5 Å². The molecular weight excluding hydrogens is 190 g/mol. The molecule has 0 aromatic heterocycles. The lowest BCUT2D eigenvalue weighted by Crippen LogP contribution is -2.07. The molecule has 2 nitrogen and oxygen atoms in total. The molecule has 0 N–H and O–H groups in total. The molecule has 0 saturated carbocycles. The predicted molar refractivity (Wildman–Crippen MR) is 45.3 cm³/mol. The molecule has 0 amide bonds. The van der Waals surface area contributed by atoms with Crippen LogP contribution in [0.4, 0.5) is 17.6 Å². The zero-order chi connectivity index (χ0) is 10.6. The van der Waals surface area contributed by atoms with E-state index in [1.807, 2.05) is 0 Å². The van der Waals surface area contributed by atoms with Gasteiger partial charge in [0.15, 0.2) is 0 Å². The van der Waals surface area contributed by atoms with Crippen molar-refractivity contribution in [3.05, 3.63) is 0 Å². The van der Waals surface area contributed by atoms with Gasteiger partial charge in [0.05, 0.1) is 0 Å². The second kappa shape index (κ2) is 22.5. The molecule has 0 bridgehead atoms. The quantitative estimate of drug-likeness (QED) is 0.374. The lowest BCUT2D eigenvalue weighted by Gasteiger charge is -1.96. The molecule has 0 atom stereocenters. The molecule has 0 radical (unpaired) electrons. The second-order valence-corrected chi connectivity index (χ2v) is 1.77. The first-order valence-corrected chi connectivity index (χ1v) is 2.91. The van der Waals surface area contributed by atoms with Gasteiger partial charge in [-0.3, -0.25) is 9.69 Å². The molecule has 0 aromatic carbocycles. The summed E-state index contributed by atoms with van der Waals surface area (Å²) in [6.07, 6.45) is 0. The van der Waals surface area contributed by atoms with Gasteiger partial charge < -0.3 is 0 Å². The summed E-state index contributed by atoms with van der Waals surface area (Å²) < 4.78 is 40.7. The minimum atomic E-state index is -1.75. The average molecular weight is 207 g/mol. The van der Waals surface area contributed by atoms with E-state index in [-0.39, 0.29) is 14.2 Å². The Morgan fingerprint density at radius 2 is 1.31 bits per heavy atom. The molecule has 13 heavy (non-hydrogen) atoms. The van der Waals surface area contributed by atoms with Crippen molar-refractivity contribution in [3.63, 3.8) is 0 Å². The highest BCUT2D eigenvalue weighted by atomic mass is 19.3. The highest BCUT2D eigenvalue weighted by molar-refractivity contribution is 5.64. The first kappa shape index (κ1) is 22.8. The summed E-state index contributed by atoms with van der Waals surface area (Å²) in [5.41, 5.74) is 0. The van der Waals surface area contributed by atoms with Crippen LogP contribution in [-0.4, -0.2) is 38.8 Å². The summed E-state index contributed by atoms with van der Waals surface area (Å²) in [7, 11) is 3.36. The summed E-state index contributed by atoms with van der Waals surface area (Å²) in [6.45, 7) is -1.25. The molecule has 84 valence electrons. The van der Waals surface area contributed by atoms with E-state index >= 15 is 0 Å². The topological polar surface area (TPSA) is 20.3 Å². The first-order chi connectivity index (χ1) is 5.42. The first-order valence-electron chi connectivity index (χ1n) is 2.91. The number of hydrogen-bond acceptors (Lipinski definition) is 2. The van der Waals surface area contributed by atoms with Gasteiger partial charge >= 0.3 is 0 Å². The fraction of sp³-hybridized carbons (Fsp3) is 0.857. The zero-order valence-corrected chi connectivity index (χ0v) is 7.28. The fourth-order valence-electron chi connectivity index (χ4n) is 0. The molecule has 0 aliphatic rings. The highest BCUT2D eigenvalue weighted by Crippen LogP contribution is 1.68. The van der Waals surface area contributed by atoms with Crippen LogP contribution in [0.25, 0.3) is 0 Å². The van der Waals surface area contributed by atoms with E-state index in [4.69, 9.17) is 4.79 Å². The van der Waals surface area contributed by atoms with E-state index in [1.165, 1.54) is 4.90 Å². The Morgan fingerprint density at radius 1 is 1.23 bits per heavy atom. The molecule has 0 unspecified atom stereocenters. The lowest BCUT2D eigenvalue weighted by atomic mass is 10.9. The molecule has 0 aliphatic heterocycles. The number of halogens is 4. The van der Waals surface area contributed by atoms with Crippen LogP contribution < -0.4 is 0 Å². The monoisotopic (exact) mass is 207 g/mol. The van der Waals surface area contributed by atoms with Gasteiger partial charge in [0, 0.05) is 6.92 Å². The van der Waals surface area contributed by atoms with E-state index in [0.29, 0.717) is 0 Å². The maximum atomic E-state index is 11.0. The molecule has 0 heterocycles. The van der Waals surface area contributed by atoms with Gasteiger partial charge in [-0.1, -0.05) is 7.43 Å². The standard InChI is InChI=1S/C3H8FN.C2H3FO.CH2F2.CH4/c1-5(2)3-4;1-2(3)4;2-1-3;/h3H2,1-2H3;1H3;1H2;1H4. The van der Waals surface area contributed by atoms with Gasteiger partial charge in [-0.2, -0.15) is 4.39 Å². The number of carbonyl (C=O) groups excluding carboxylic acids is 1. The molecule has 0 spiro atoms. The van der Waals surface area contributed by atoms with Crippen LogP contribution in [0.5, 0.6) is 0 Å². The van der Waals surface area contributed by atoms with Crippen LogP contribution in [-0.2, 0) is 4.79 Å². The Bertz CT molecular complexity index is 86.6. The molecule has 0 fully saturated rings. The molecule has 6 heteroatoms. The Hall–Kier alpha value is -0.650. The van der Waals surface area contributed by atoms with E-state index < -0.39 is 13.0 Å². The summed E-state index contributed by atoms with van der Waals surface area (Å²) in [5.74, 6) is 0. The summed E-state index contributed by atoms with van der Waals surface area (Å²) in [6, 6.07) is -1.33. The summed E-state index contributed by atoms with van der Waals surface area (Å²) in [5, 5.41) is 0. The number of carbonyl (C=O) groups is 1. The van der Waals surface area contributed by atoms with Crippen LogP contribution in [0.15, 0.2) is 0 Å². The van der Waals surface area contributed by atoms with Gasteiger partial charge in [0.1, 0.15) is 6.80 Å². The van der Waals surface area contributed by atoms with Crippen molar-refractivity contribution in [3.8, 4) is 0 Å². The van der Waals surface area contributed by atoms with Crippen molar-refractivity contribution in [1.29, 1.82) is 0 Å². The Balaban J connectivity index is -0.0000000465. The lowest BCUT2D eigenvalue weighted by molar-refractivity contribution is -0.126. The maximum absolute atomic E-state index is 11.0. The maximum Gasteiger partial charge on any atom is 0.298 e. The number of nitrogens with zero attached hydrogens (tertiary/aromatic N) is 1. The molecule has 0 rings (SSSR count). The molecule has 0 aliphatic carbocycles. The van der Waals surface area contributed by atoms with Crippen LogP contribution >= 0.6 is 0 Å². The van der Waals surface area contributed by atoms with E-state index in [2.05, 4.69) is 0 Å². The van der Waals surface area contributed by atoms with Crippen molar-refractivity contribution in [2.75, 3.05) is 27.8 Å². The third-order valence-electron chi connectivity index (χ3n) is 0.239. The van der Waals surface area contributed by atoms with E-state index in [9.17, 15) is 17.6 Å². The van der Waals surface area contributed by atoms with Crippen molar-refractivity contribution in [1.82, 2.24) is 4.90 Å². The zero-order valence-electron chi connectivity index (χ0n) is 7.28. The van der Waals surface area contributed by atoms with Gasteiger partial charge in [0.2, 0.25) is 6.93 Å². The van der Waals surface area contributed by atoms with E-state index in [1.54, 1.807) is 14.1 Å². The van der Waals surface area contributed by atoms with Gasteiger partial charge in [-0.05, 0) is 14.1 Å². The van der Waals surface area contributed by atoms with Crippen molar-refractivity contribution in [2.24, 2.45) is 0 Å². The Kier molecular flexibility index (Phi) is 39.5. The molecule has 0 saturated heterocycles. The van der Waals surface area contributed by atoms with Crippen molar-refractivity contribution >= 4 is 6.04 Å². The van der Waals surface area contributed by atoms with Crippen molar-refractivity contribution < 1.29 is 22.4 Å². The number of hydrogen-bond donors (Lipinski definition) is 0. The minimum Gasteiger partial charge on any atom is -0.283 e. The normalized spacial score (nSPS) is 7.08. The predicted octanol–water partition coefficient (Wildman–Crippen LogP) is 2.50. The third kappa shape index (κ3) is 544.